The van der Waals surface area contributed by atoms with Crippen LogP contribution in [0, 0.1) is 5.92 Å². The summed E-state index contributed by atoms with van der Waals surface area (Å²) < 4.78 is 26.5. The Kier molecular flexibility index (Phi) is 6.04. The summed E-state index contributed by atoms with van der Waals surface area (Å²) in [5.41, 5.74) is 0.448. The highest BCUT2D eigenvalue weighted by molar-refractivity contribution is 7.89. The normalized spacial score (nSPS) is 12.9. The molecule has 6 nitrogen and oxygen atoms in total. The molecule has 1 unspecified atom stereocenters. The van der Waals surface area contributed by atoms with E-state index >= 15 is 0 Å². The lowest BCUT2D eigenvalue weighted by Gasteiger charge is -2.12. The van der Waals surface area contributed by atoms with Crippen molar-refractivity contribution in [1.82, 2.24) is 4.72 Å². The molecule has 0 aliphatic carbocycles. The fourth-order valence-corrected chi connectivity index (χ4v) is 2.84. The van der Waals surface area contributed by atoms with Crippen LogP contribution in [0.1, 0.15) is 37.0 Å². The molecule has 0 aliphatic heterocycles. The number of hydrogen-bond acceptors (Lipinski definition) is 4. The molecule has 1 aromatic rings. The van der Waals surface area contributed by atoms with Crippen molar-refractivity contribution in [2.24, 2.45) is 5.92 Å². The quantitative estimate of drug-likeness (QED) is 0.711. The lowest BCUT2D eigenvalue weighted by molar-refractivity contribution is -0.137. The maximum Gasteiger partial charge on any atom is 0.303 e. The summed E-state index contributed by atoms with van der Waals surface area (Å²) in [7, 11) is -3.65. The first-order valence-corrected chi connectivity index (χ1v) is 8.03. The summed E-state index contributed by atoms with van der Waals surface area (Å²) in [6, 6.07) is 5.68. The average Bonchev–Trinajstić information content (AvgIpc) is 2.43. The number of hydrogen-bond donors (Lipinski definition) is 2. The lowest BCUT2D eigenvalue weighted by Crippen LogP contribution is -2.28. The van der Waals surface area contributed by atoms with Gasteiger partial charge in [-0.05, 0) is 31.4 Å². The monoisotopic (exact) mass is 313 g/mol. The van der Waals surface area contributed by atoms with Crippen LogP contribution in [-0.4, -0.2) is 31.8 Å². The fraction of sp³-hybridized carbons (Fsp3) is 0.429. The first kappa shape index (κ1) is 17.3. The largest absolute Gasteiger partial charge is 0.481 e. The smallest absolute Gasteiger partial charge is 0.303 e. The Morgan fingerprint density at radius 1 is 1.24 bits per heavy atom. The molecule has 1 atom stereocenters. The molecule has 0 radical (unpaired) electrons. The van der Waals surface area contributed by atoms with Gasteiger partial charge in [0, 0.05) is 18.5 Å². The molecule has 2 N–H and O–H groups in total. The van der Waals surface area contributed by atoms with E-state index in [9.17, 15) is 18.0 Å². The molecule has 0 bridgehead atoms. The van der Waals surface area contributed by atoms with Crippen molar-refractivity contribution in [2.75, 3.05) is 6.54 Å². The van der Waals surface area contributed by atoms with E-state index in [1.807, 2.05) is 0 Å². The van der Waals surface area contributed by atoms with Gasteiger partial charge in [0.1, 0.15) is 0 Å². The van der Waals surface area contributed by atoms with Crippen LogP contribution in [-0.2, 0) is 14.8 Å². The summed E-state index contributed by atoms with van der Waals surface area (Å²) in [5.74, 6) is -1.11. The van der Waals surface area contributed by atoms with Crippen LogP contribution in [0.5, 0.6) is 0 Å². The standard InChI is InChI=1S/C14H19NO5S/c1-10(3-8-14(17)18)9-15-21(19,20)13-6-4-12(5-7-13)11(2)16/h4-7,10,15H,3,8-9H2,1-2H3,(H,17,18). The molecule has 0 aromatic heterocycles. The SMILES string of the molecule is CC(=O)c1ccc(S(=O)(=O)NCC(C)CCC(=O)O)cc1. The molecular formula is C14H19NO5S. The highest BCUT2D eigenvalue weighted by Gasteiger charge is 2.16. The van der Waals surface area contributed by atoms with Crippen molar-refractivity contribution in [3.05, 3.63) is 29.8 Å². The van der Waals surface area contributed by atoms with Gasteiger partial charge in [0.25, 0.3) is 0 Å². The van der Waals surface area contributed by atoms with Gasteiger partial charge in [-0.15, -0.1) is 0 Å². The van der Waals surface area contributed by atoms with Gasteiger partial charge in [-0.1, -0.05) is 19.1 Å². The van der Waals surface area contributed by atoms with Gasteiger partial charge in [0.05, 0.1) is 4.90 Å². The van der Waals surface area contributed by atoms with E-state index in [1.54, 1.807) is 6.92 Å². The van der Waals surface area contributed by atoms with Gasteiger partial charge in [-0.2, -0.15) is 0 Å². The third-order valence-electron chi connectivity index (χ3n) is 3.04. The molecule has 0 saturated heterocycles. The van der Waals surface area contributed by atoms with Crippen molar-refractivity contribution in [3.63, 3.8) is 0 Å². The minimum atomic E-state index is -3.65. The van der Waals surface area contributed by atoms with E-state index in [4.69, 9.17) is 5.11 Å². The van der Waals surface area contributed by atoms with Crippen molar-refractivity contribution >= 4 is 21.8 Å². The minimum absolute atomic E-state index is 0.0101. The number of rotatable bonds is 8. The maximum atomic E-state index is 12.0. The molecular weight excluding hydrogens is 294 g/mol. The first-order valence-electron chi connectivity index (χ1n) is 6.55. The van der Waals surface area contributed by atoms with E-state index in [-0.39, 0.29) is 29.6 Å². The number of ketones is 1. The number of nitrogens with one attached hydrogen (secondary N) is 1. The number of carboxylic acid groups (broad SMARTS) is 1. The van der Waals surface area contributed by atoms with Gasteiger partial charge >= 0.3 is 5.97 Å². The number of aliphatic carboxylic acids is 1. The van der Waals surface area contributed by atoms with Gasteiger partial charge in [0.15, 0.2) is 5.78 Å². The van der Waals surface area contributed by atoms with Crippen LogP contribution < -0.4 is 4.72 Å². The van der Waals surface area contributed by atoms with Crippen molar-refractivity contribution in [3.8, 4) is 0 Å². The Morgan fingerprint density at radius 3 is 2.29 bits per heavy atom. The first-order chi connectivity index (χ1) is 9.72. The molecule has 0 heterocycles. The Labute approximate surface area is 124 Å². The van der Waals surface area contributed by atoms with Crippen molar-refractivity contribution in [2.45, 2.75) is 31.6 Å². The Bertz CT molecular complexity index is 607. The number of carboxylic acids is 1. The second-order valence-corrected chi connectivity index (χ2v) is 6.74. The van der Waals surface area contributed by atoms with Crippen LogP contribution >= 0.6 is 0 Å². The molecule has 116 valence electrons. The van der Waals surface area contributed by atoms with Crippen molar-refractivity contribution < 1.29 is 23.1 Å². The second kappa shape index (κ2) is 7.33. The topological polar surface area (TPSA) is 101 Å². The van der Waals surface area contributed by atoms with Crippen LogP contribution in [0.2, 0.25) is 0 Å². The van der Waals surface area contributed by atoms with Crippen molar-refractivity contribution in [1.29, 1.82) is 0 Å². The highest BCUT2D eigenvalue weighted by Crippen LogP contribution is 2.12. The van der Waals surface area contributed by atoms with Gasteiger partial charge in [-0.25, -0.2) is 13.1 Å². The van der Waals surface area contributed by atoms with E-state index in [2.05, 4.69) is 4.72 Å². The Hall–Kier alpha value is -1.73. The minimum Gasteiger partial charge on any atom is -0.481 e. The zero-order valence-electron chi connectivity index (χ0n) is 12.0. The summed E-state index contributed by atoms with van der Waals surface area (Å²) in [6.45, 7) is 3.36. The number of carbonyl (C=O) groups is 2. The molecule has 0 aliphatic rings. The van der Waals surface area contributed by atoms with Crippen LogP contribution in [0.4, 0.5) is 0 Å². The van der Waals surface area contributed by atoms with Gasteiger partial charge in [0.2, 0.25) is 10.0 Å². The summed E-state index contributed by atoms with van der Waals surface area (Å²) in [4.78, 5) is 21.7. The fourth-order valence-electron chi connectivity index (χ4n) is 1.68. The summed E-state index contributed by atoms with van der Waals surface area (Å²) in [6.07, 6.45) is 0.414. The van der Waals surface area contributed by atoms with Crippen LogP contribution in [0.25, 0.3) is 0 Å². The third-order valence-corrected chi connectivity index (χ3v) is 4.48. The predicted molar refractivity (Wildman–Crippen MR) is 77.7 cm³/mol. The summed E-state index contributed by atoms with van der Waals surface area (Å²) in [5, 5.41) is 8.57. The number of sulfonamides is 1. The zero-order chi connectivity index (χ0) is 16.0. The van der Waals surface area contributed by atoms with Crippen LogP contribution in [0.3, 0.4) is 0 Å². The third kappa shape index (κ3) is 5.65. The van der Waals surface area contributed by atoms with E-state index in [0.29, 0.717) is 12.0 Å². The average molecular weight is 313 g/mol. The zero-order valence-corrected chi connectivity index (χ0v) is 12.8. The van der Waals surface area contributed by atoms with E-state index < -0.39 is 16.0 Å². The number of Topliss-reactive ketones (excluding diaryl/α,β-unsaturated/α-hetero) is 1. The lowest BCUT2D eigenvalue weighted by atomic mass is 10.1. The second-order valence-electron chi connectivity index (χ2n) is 4.97. The highest BCUT2D eigenvalue weighted by atomic mass is 32.2. The molecule has 7 heteroatoms. The summed E-state index contributed by atoms with van der Waals surface area (Å²) >= 11 is 0. The number of carbonyl (C=O) groups excluding carboxylic acids is 1. The molecule has 0 spiro atoms. The van der Waals surface area contributed by atoms with E-state index in [1.165, 1.54) is 31.2 Å². The van der Waals surface area contributed by atoms with Crippen LogP contribution in [0.15, 0.2) is 29.2 Å². The Morgan fingerprint density at radius 2 is 1.81 bits per heavy atom. The number of benzene rings is 1. The van der Waals surface area contributed by atoms with Gasteiger partial charge < -0.3 is 5.11 Å². The molecule has 0 amide bonds. The molecule has 21 heavy (non-hydrogen) atoms. The Balaban J connectivity index is 2.64. The molecule has 0 saturated carbocycles. The molecule has 1 rings (SSSR count). The molecule has 0 fully saturated rings. The molecule has 1 aromatic carbocycles. The maximum absolute atomic E-state index is 12.0. The van der Waals surface area contributed by atoms with Gasteiger partial charge in [-0.3, -0.25) is 9.59 Å². The predicted octanol–water partition coefficient (Wildman–Crippen LogP) is 1.67. The van der Waals surface area contributed by atoms with E-state index in [0.717, 1.165) is 0 Å².